The fraction of sp³-hybridized carbons (Fsp3) is 0.235. The van der Waals surface area contributed by atoms with Gasteiger partial charge in [0.2, 0.25) is 5.91 Å². The Morgan fingerprint density at radius 2 is 2.00 bits per heavy atom. The summed E-state index contributed by atoms with van der Waals surface area (Å²) in [6, 6.07) is 10.2. The molecule has 26 heavy (non-hydrogen) atoms. The van der Waals surface area contributed by atoms with Crippen molar-refractivity contribution in [2.45, 2.75) is 13.0 Å². The molecular weight excluding hydrogens is 378 g/mol. The highest BCUT2D eigenvalue weighted by Crippen LogP contribution is 2.24. The summed E-state index contributed by atoms with van der Waals surface area (Å²) in [4.78, 5) is 37.1. The number of halogens is 1. The van der Waals surface area contributed by atoms with Crippen LogP contribution in [0.3, 0.4) is 0 Å². The third-order valence-electron chi connectivity index (χ3n) is 3.66. The second-order valence-corrected chi connectivity index (χ2v) is 7.37. The lowest BCUT2D eigenvalue weighted by Gasteiger charge is -2.13. The summed E-state index contributed by atoms with van der Waals surface area (Å²) in [7, 11) is 0. The first-order valence-corrected chi connectivity index (χ1v) is 9.01. The number of anilines is 2. The summed E-state index contributed by atoms with van der Waals surface area (Å²) in [6.07, 6.45) is -0.924. The number of carbonyl (C=O) groups is 3. The van der Waals surface area contributed by atoms with Crippen molar-refractivity contribution in [2.75, 3.05) is 23.3 Å². The van der Waals surface area contributed by atoms with E-state index in [4.69, 9.17) is 16.3 Å². The van der Waals surface area contributed by atoms with E-state index in [1.807, 2.05) is 0 Å². The number of amides is 3. The molecule has 2 aromatic rings. The van der Waals surface area contributed by atoms with Gasteiger partial charge in [0.05, 0.1) is 22.3 Å². The van der Waals surface area contributed by atoms with Crippen molar-refractivity contribution < 1.29 is 19.1 Å². The van der Waals surface area contributed by atoms with E-state index >= 15 is 0 Å². The van der Waals surface area contributed by atoms with E-state index in [9.17, 15) is 14.4 Å². The Morgan fingerprint density at radius 3 is 2.62 bits per heavy atom. The summed E-state index contributed by atoms with van der Waals surface area (Å²) in [6.45, 7) is 1.96. The Bertz CT molecular complexity index is 837. The van der Waals surface area contributed by atoms with Crippen LogP contribution in [0.15, 0.2) is 36.4 Å². The van der Waals surface area contributed by atoms with Crippen molar-refractivity contribution in [2.24, 2.45) is 0 Å². The first-order chi connectivity index (χ1) is 12.4. The molecule has 9 heteroatoms. The van der Waals surface area contributed by atoms with Gasteiger partial charge < -0.3 is 15.4 Å². The Labute approximate surface area is 158 Å². The zero-order valence-corrected chi connectivity index (χ0v) is 15.4. The van der Waals surface area contributed by atoms with E-state index in [-0.39, 0.29) is 18.4 Å². The van der Waals surface area contributed by atoms with E-state index in [0.29, 0.717) is 27.1 Å². The molecule has 3 amide bonds. The van der Waals surface area contributed by atoms with Crippen LogP contribution >= 0.6 is 22.9 Å². The van der Waals surface area contributed by atoms with E-state index in [2.05, 4.69) is 10.6 Å². The molecule has 0 spiro atoms. The second kappa shape index (κ2) is 7.76. The Balaban J connectivity index is 1.56. The number of carbonyl (C=O) groups excluding carboxylic acids is 3. The zero-order chi connectivity index (χ0) is 18.7. The minimum Gasteiger partial charge on any atom is -0.442 e. The number of nitrogens with zero attached hydrogens (tertiary/aromatic N) is 1. The Morgan fingerprint density at radius 1 is 1.27 bits per heavy atom. The molecule has 1 aromatic heterocycles. The fourth-order valence-corrected chi connectivity index (χ4v) is 3.46. The Kier molecular flexibility index (Phi) is 5.43. The van der Waals surface area contributed by atoms with Gasteiger partial charge in [-0.15, -0.1) is 11.3 Å². The molecular formula is C17H16ClN3O4S. The largest absolute Gasteiger partial charge is 0.442 e. The van der Waals surface area contributed by atoms with Crippen LogP contribution in [0.25, 0.3) is 0 Å². The van der Waals surface area contributed by atoms with Gasteiger partial charge in [0.15, 0.2) is 0 Å². The highest BCUT2D eigenvalue weighted by Gasteiger charge is 2.32. The van der Waals surface area contributed by atoms with Crippen molar-refractivity contribution in [3.8, 4) is 0 Å². The van der Waals surface area contributed by atoms with Crippen LogP contribution in [0.2, 0.25) is 4.34 Å². The molecule has 2 heterocycles. The molecule has 1 atom stereocenters. The van der Waals surface area contributed by atoms with E-state index in [1.165, 1.54) is 23.2 Å². The van der Waals surface area contributed by atoms with Crippen molar-refractivity contribution in [3.63, 3.8) is 0 Å². The molecule has 136 valence electrons. The predicted octanol–water partition coefficient (Wildman–Crippen LogP) is 3.12. The maximum Gasteiger partial charge on any atom is 0.414 e. The van der Waals surface area contributed by atoms with Crippen molar-refractivity contribution in [3.05, 3.63) is 45.6 Å². The standard InChI is InChI=1S/C17H16ClN3O4S/c1-10(22)20-11-2-4-12(5-3-11)21-9-13(25-17(21)24)8-19-16(23)14-6-7-15(18)26-14/h2-7,13H,8-9H2,1H3,(H,19,23)(H,20,22)/t13-/m0/s1. The molecule has 2 N–H and O–H groups in total. The van der Waals surface area contributed by atoms with Gasteiger partial charge in [-0.3, -0.25) is 14.5 Å². The van der Waals surface area contributed by atoms with Gasteiger partial charge in [-0.05, 0) is 36.4 Å². The highest BCUT2D eigenvalue weighted by atomic mass is 35.5. The molecule has 0 aliphatic carbocycles. The van der Waals surface area contributed by atoms with E-state index in [1.54, 1.807) is 36.4 Å². The van der Waals surface area contributed by atoms with Crippen LogP contribution in [0, 0.1) is 0 Å². The number of hydrogen-bond acceptors (Lipinski definition) is 5. The van der Waals surface area contributed by atoms with Crippen LogP contribution < -0.4 is 15.5 Å². The second-order valence-electron chi connectivity index (χ2n) is 5.66. The lowest BCUT2D eigenvalue weighted by Crippen LogP contribution is -2.34. The van der Waals surface area contributed by atoms with Gasteiger partial charge in [-0.2, -0.15) is 0 Å². The average Bonchev–Trinajstić information content (AvgIpc) is 3.19. The smallest absolute Gasteiger partial charge is 0.414 e. The lowest BCUT2D eigenvalue weighted by molar-refractivity contribution is -0.114. The van der Waals surface area contributed by atoms with E-state index < -0.39 is 12.2 Å². The van der Waals surface area contributed by atoms with Gasteiger partial charge in [0.25, 0.3) is 5.91 Å². The van der Waals surface area contributed by atoms with Crippen molar-refractivity contribution in [1.29, 1.82) is 0 Å². The van der Waals surface area contributed by atoms with Gasteiger partial charge in [0.1, 0.15) is 6.10 Å². The van der Waals surface area contributed by atoms with Crippen LogP contribution in [0.1, 0.15) is 16.6 Å². The minimum atomic E-state index is -0.476. The molecule has 1 fully saturated rings. The normalized spacial score (nSPS) is 16.3. The fourth-order valence-electron chi connectivity index (χ4n) is 2.50. The van der Waals surface area contributed by atoms with Gasteiger partial charge in [-0.25, -0.2) is 4.79 Å². The third-order valence-corrected chi connectivity index (χ3v) is 4.89. The third kappa shape index (κ3) is 4.33. The quantitative estimate of drug-likeness (QED) is 0.817. The molecule has 0 bridgehead atoms. The number of thiophene rings is 1. The number of cyclic esters (lactones) is 1. The van der Waals surface area contributed by atoms with Crippen LogP contribution in [-0.2, 0) is 9.53 Å². The van der Waals surface area contributed by atoms with Crippen LogP contribution in [0.5, 0.6) is 0 Å². The number of hydrogen-bond donors (Lipinski definition) is 2. The molecule has 0 radical (unpaired) electrons. The molecule has 0 saturated carbocycles. The zero-order valence-electron chi connectivity index (χ0n) is 13.8. The minimum absolute atomic E-state index is 0.166. The molecule has 0 unspecified atom stereocenters. The van der Waals surface area contributed by atoms with Crippen LogP contribution in [0.4, 0.5) is 16.2 Å². The average molecular weight is 394 g/mol. The number of rotatable bonds is 5. The highest BCUT2D eigenvalue weighted by molar-refractivity contribution is 7.17. The van der Waals surface area contributed by atoms with Crippen molar-refractivity contribution in [1.82, 2.24) is 5.32 Å². The monoisotopic (exact) mass is 393 g/mol. The summed E-state index contributed by atoms with van der Waals surface area (Å²) >= 11 is 7.00. The summed E-state index contributed by atoms with van der Waals surface area (Å²) < 4.78 is 5.83. The maximum atomic E-state index is 12.1. The first kappa shape index (κ1) is 18.2. The molecule has 1 aliphatic rings. The lowest BCUT2D eigenvalue weighted by atomic mass is 10.2. The van der Waals surface area contributed by atoms with Crippen LogP contribution in [-0.4, -0.2) is 37.1 Å². The molecule has 1 aromatic carbocycles. The summed E-state index contributed by atoms with van der Waals surface area (Å²) in [5.41, 5.74) is 1.30. The van der Waals surface area contributed by atoms with Gasteiger partial charge in [0, 0.05) is 18.3 Å². The van der Waals surface area contributed by atoms with Gasteiger partial charge >= 0.3 is 6.09 Å². The molecule has 1 saturated heterocycles. The van der Waals surface area contributed by atoms with E-state index in [0.717, 1.165) is 0 Å². The number of nitrogens with one attached hydrogen (secondary N) is 2. The first-order valence-electron chi connectivity index (χ1n) is 7.81. The van der Waals surface area contributed by atoms with Crippen molar-refractivity contribution >= 4 is 52.2 Å². The Hall–Kier alpha value is -2.58. The number of ether oxygens (including phenoxy) is 1. The number of benzene rings is 1. The summed E-state index contributed by atoms with van der Waals surface area (Å²) in [5.74, 6) is -0.419. The topological polar surface area (TPSA) is 87.7 Å². The molecule has 3 rings (SSSR count). The SMILES string of the molecule is CC(=O)Nc1ccc(N2C[C@H](CNC(=O)c3ccc(Cl)s3)OC2=O)cc1. The molecule has 7 nitrogen and oxygen atoms in total. The predicted molar refractivity (Wildman–Crippen MR) is 100 cm³/mol. The maximum absolute atomic E-state index is 12.1. The molecule has 1 aliphatic heterocycles. The van der Waals surface area contributed by atoms with Gasteiger partial charge in [-0.1, -0.05) is 11.6 Å². The summed E-state index contributed by atoms with van der Waals surface area (Å²) in [5, 5.41) is 5.40.